The molecule has 4 aromatic rings. The number of aliphatic hydroxyl groups is 1. The number of nitrogens with one attached hydrogen (secondary N) is 2. The highest BCUT2D eigenvalue weighted by Crippen LogP contribution is 2.40. The number of anilines is 2. The van der Waals surface area contributed by atoms with Crippen LogP contribution in [0.15, 0.2) is 48.7 Å². The van der Waals surface area contributed by atoms with E-state index in [2.05, 4.69) is 15.6 Å². The molecule has 7 nitrogen and oxygen atoms in total. The van der Waals surface area contributed by atoms with Gasteiger partial charge < -0.3 is 25.2 Å². The Morgan fingerprint density at radius 3 is 2.84 bits per heavy atom. The van der Waals surface area contributed by atoms with E-state index in [1.165, 1.54) is 0 Å². The number of hydrogen-bond donors (Lipinski definition) is 3. The van der Waals surface area contributed by atoms with Gasteiger partial charge in [-0.2, -0.15) is 0 Å². The van der Waals surface area contributed by atoms with Gasteiger partial charge in [0.25, 0.3) is 0 Å². The molecule has 0 aliphatic carbocycles. The van der Waals surface area contributed by atoms with Gasteiger partial charge in [-0.05, 0) is 29.8 Å². The van der Waals surface area contributed by atoms with Crippen LogP contribution in [0.1, 0.15) is 5.01 Å². The predicted octanol–water partition coefficient (Wildman–Crippen LogP) is 4.61. The number of rotatable bonds is 7. The minimum Gasteiger partial charge on any atom is -0.486 e. The minimum absolute atomic E-state index is 0.0947. The second-order valence-corrected chi connectivity index (χ2v) is 8.66. The lowest BCUT2D eigenvalue weighted by Crippen LogP contribution is -2.17. The summed E-state index contributed by atoms with van der Waals surface area (Å²) in [6.45, 7) is 2.31. The third kappa shape index (κ3) is 4.22. The number of pyridine rings is 1. The fraction of sp³-hybridized carbons (Fsp3) is 0.217. The Balaban J connectivity index is 1.45. The third-order valence-electron chi connectivity index (χ3n) is 5.02. The first kappa shape index (κ1) is 21.0. The molecule has 0 radical (unpaired) electrons. The van der Waals surface area contributed by atoms with Crippen molar-refractivity contribution < 1.29 is 14.6 Å². The van der Waals surface area contributed by atoms with E-state index in [1.54, 1.807) is 17.5 Å². The largest absolute Gasteiger partial charge is 0.486 e. The standard InChI is InChI=1S/C23H21ClN4O3S/c24-21-15(14-4-5-17-18(12-14)31-11-10-30-17)2-1-3-16(21)27-23-22-19(6-7-26-23)32-20(28-22)13-25-8-9-29/h1-7,12,25,29H,8-11,13H2,(H,26,27). The predicted molar refractivity (Wildman–Crippen MR) is 127 cm³/mol. The van der Waals surface area contributed by atoms with Crippen LogP contribution in [0.2, 0.25) is 5.02 Å². The molecule has 3 heterocycles. The molecule has 0 amide bonds. The molecule has 5 rings (SSSR count). The molecular formula is C23H21ClN4O3S. The molecule has 32 heavy (non-hydrogen) atoms. The van der Waals surface area contributed by atoms with Crippen molar-refractivity contribution in [1.82, 2.24) is 15.3 Å². The molecule has 0 saturated heterocycles. The summed E-state index contributed by atoms with van der Waals surface area (Å²) >= 11 is 8.40. The second kappa shape index (κ2) is 9.30. The van der Waals surface area contributed by atoms with Crippen molar-refractivity contribution in [2.24, 2.45) is 0 Å². The lowest BCUT2D eigenvalue weighted by molar-refractivity contribution is 0.171. The molecule has 9 heteroatoms. The maximum Gasteiger partial charge on any atom is 0.161 e. The van der Waals surface area contributed by atoms with Gasteiger partial charge in [-0.3, -0.25) is 0 Å². The van der Waals surface area contributed by atoms with Crippen LogP contribution in [-0.4, -0.2) is 41.4 Å². The number of thiazole rings is 1. The average molecular weight is 469 g/mol. The number of aromatic nitrogens is 2. The summed E-state index contributed by atoms with van der Waals surface area (Å²) in [5.41, 5.74) is 3.36. The molecule has 0 saturated carbocycles. The van der Waals surface area contributed by atoms with Crippen LogP contribution in [0, 0.1) is 0 Å². The first-order valence-corrected chi connectivity index (χ1v) is 11.4. The Morgan fingerprint density at radius 1 is 1.09 bits per heavy atom. The van der Waals surface area contributed by atoms with Gasteiger partial charge >= 0.3 is 0 Å². The summed E-state index contributed by atoms with van der Waals surface area (Å²) in [5.74, 6) is 2.11. The molecule has 164 valence electrons. The summed E-state index contributed by atoms with van der Waals surface area (Å²) in [7, 11) is 0. The van der Waals surface area contributed by atoms with Crippen LogP contribution in [-0.2, 0) is 6.54 Å². The van der Waals surface area contributed by atoms with Gasteiger partial charge in [0, 0.05) is 24.8 Å². The molecule has 1 aliphatic heterocycles. The van der Waals surface area contributed by atoms with Crippen molar-refractivity contribution in [3.05, 3.63) is 58.7 Å². The molecule has 0 atom stereocenters. The van der Waals surface area contributed by atoms with E-state index in [9.17, 15) is 0 Å². The van der Waals surface area contributed by atoms with Crippen LogP contribution >= 0.6 is 22.9 Å². The first-order valence-electron chi connectivity index (χ1n) is 10.2. The molecule has 0 bridgehead atoms. The lowest BCUT2D eigenvalue weighted by atomic mass is 10.0. The maximum absolute atomic E-state index is 8.96. The number of nitrogens with zero attached hydrogens (tertiary/aromatic N) is 2. The zero-order valence-corrected chi connectivity index (χ0v) is 18.7. The first-order chi connectivity index (χ1) is 15.7. The summed E-state index contributed by atoms with van der Waals surface area (Å²) in [6, 6.07) is 13.6. The van der Waals surface area contributed by atoms with Crippen molar-refractivity contribution in [2.75, 3.05) is 31.7 Å². The van der Waals surface area contributed by atoms with Crippen molar-refractivity contribution in [3.8, 4) is 22.6 Å². The van der Waals surface area contributed by atoms with E-state index in [1.807, 2.05) is 42.5 Å². The van der Waals surface area contributed by atoms with Crippen molar-refractivity contribution in [1.29, 1.82) is 0 Å². The number of ether oxygens (including phenoxy) is 2. The molecular weight excluding hydrogens is 448 g/mol. The average Bonchev–Trinajstić information content (AvgIpc) is 3.24. The highest BCUT2D eigenvalue weighted by molar-refractivity contribution is 7.18. The summed E-state index contributed by atoms with van der Waals surface area (Å²) < 4.78 is 12.4. The van der Waals surface area contributed by atoms with Crippen LogP contribution in [0.5, 0.6) is 11.5 Å². The van der Waals surface area contributed by atoms with Gasteiger partial charge in [0.15, 0.2) is 17.3 Å². The number of hydrogen-bond acceptors (Lipinski definition) is 8. The fourth-order valence-corrected chi connectivity index (χ4v) is 4.75. The van der Waals surface area contributed by atoms with Gasteiger partial charge in [-0.15, -0.1) is 11.3 Å². The Labute approximate surface area is 194 Å². The fourth-order valence-electron chi connectivity index (χ4n) is 3.53. The van der Waals surface area contributed by atoms with Crippen LogP contribution < -0.4 is 20.1 Å². The highest BCUT2D eigenvalue weighted by atomic mass is 35.5. The Kier molecular flexibility index (Phi) is 6.09. The van der Waals surface area contributed by atoms with E-state index < -0.39 is 0 Å². The number of aliphatic hydroxyl groups excluding tert-OH is 1. The lowest BCUT2D eigenvalue weighted by Gasteiger charge is -2.19. The van der Waals surface area contributed by atoms with E-state index in [0.717, 1.165) is 43.5 Å². The number of halogens is 1. The van der Waals surface area contributed by atoms with Crippen LogP contribution in [0.3, 0.4) is 0 Å². The van der Waals surface area contributed by atoms with Gasteiger partial charge in [0.05, 0.1) is 22.0 Å². The van der Waals surface area contributed by atoms with Gasteiger partial charge in [-0.25, -0.2) is 9.97 Å². The normalized spacial score (nSPS) is 12.8. The highest BCUT2D eigenvalue weighted by Gasteiger charge is 2.16. The summed E-state index contributed by atoms with van der Waals surface area (Å²) in [5, 5.41) is 17.0. The van der Waals surface area contributed by atoms with E-state index in [-0.39, 0.29) is 6.61 Å². The molecule has 2 aromatic heterocycles. The van der Waals surface area contributed by atoms with Crippen molar-refractivity contribution in [3.63, 3.8) is 0 Å². The molecule has 0 unspecified atom stereocenters. The Hall–Kier alpha value is -2.91. The second-order valence-electron chi connectivity index (χ2n) is 7.16. The van der Waals surface area contributed by atoms with E-state index in [4.69, 9.17) is 31.2 Å². The van der Waals surface area contributed by atoms with Crippen LogP contribution in [0.25, 0.3) is 21.3 Å². The number of benzene rings is 2. The maximum atomic E-state index is 8.96. The van der Waals surface area contributed by atoms with Crippen molar-refractivity contribution >= 4 is 44.7 Å². The van der Waals surface area contributed by atoms with E-state index >= 15 is 0 Å². The molecule has 3 N–H and O–H groups in total. The van der Waals surface area contributed by atoms with Gasteiger partial charge in [0.1, 0.15) is 23.7 Å². The third-order valence-corrected chi connectivity index (χ3v) is 6.45. The summed E-state index contributed by atoms with van der Waals surface area (Å²) in [4.78, 5) is 9.21. The zero-order chi connectivity index (χ0) is 21.9. The van der Waals surface area contributed by atoms with Gasteiger partial charge in [-0.1, -0.05) is 29.8 Å². The smallest absolute Gasteiger partial charge is 0.161 e. The zero-order valence-electron chi connectivity index (χ0n) is 17.1. The molecule has 0 spiro atoms. The SMILES string of the molecule is OCCNCc1nc2c(Nc3cccc(-c4ccc5c(c4)OCCO5)c3Cl)nccc2s1. The minimum atomic E-state index is 0.0947. The Bertz CT molecular complexity index is 1260. The summed E-state index contributed by atoms with van der Waals surface area (Å²) in [6.07, 6.45) is 1.76. The van der Waals surface area contributed by atoms with Crippen molar-refractivity contribution in [2.45, 2.75) is 6.54 Å². The number of fused-ring (bicyclic) bond motifs is 2. The Morgan fingerprint density at radius 2 is 1.97 bits per heavy atom. The topological polar surface area (TPSA) is 88.5 Å². The molecule has 1 aliphatic rings. The quantitative estimate of drug-likeness (QED) is 0.341. The molecule has 0 fully saturated rings. The van der Waals surface area contributed by atoms with E-state index in [0.29, 0.717) is 37.1 Å². The van der Waals surface area contributed by atoms with Gasteiger partial charge in [0.2, 0.25) is 0 Å². The molecule has 2 aromatic carbocycles. The van der Waals surface area contributed by atoms with Crippen LogP contribution in [0.4, 0.5) is 11.5 Å². The monoisotopic (exact) mass is 468 g/mol.